The number of aromatic nitrogens is 4. The van der Waals surface area contributed by atoms with Gasteiger partial charge in [-0.15, -0.1) is 5.10 Å². The van der Waals surface area contributed by atoms with Crippen molar-refractivity contribution in [3.8, 4) is 6.07 Å². The SMILES string of the molecule is CCc1nnc(N2CCCC(c3cn[nH]c3)C2)c(C#N)c1CC. The van der Waals surface area contributed by atoms with Crippen LogP contribution in [0.15, 0.2) is 12.4 Å². The summed E-state index contributed by atoms with van der Waals surface area (Å²) in [5.41, 5.74) is 3.91. The smallest absolute Gasteiger partial charge is 0.169 e. The zero-order chi connectivity index (χ0) is 16.2. The maximum Gasteiger partial charge on any atom is 0.169 e. The van der Waals surface area contributed by atoms with Crippen molar-refractivity contribution < 1.29 is 0 Å². The minimum absolute atomic E-state index is 0.423. The van der Waals surface area contributed by atoms with Gasteiger partial charge in [-0.1, -0.05) is 13.8 Å². The molecule has 23 heavy (non-hydrogen) atoms. The quantitative estimate of drug-likeness (QED) is 0.938. The Morgan fingerprint density at radius 2 is 2.22 bits per heavy atom. The van der Waals surface area contributed by atoms with Gasteiger partial charge < -0.3 is 4.90 Å². The summed E-state index contributed by atoms with van der Waals surface area (Å²) < 4.78 is 0. The Hall–Kier alpha value is -2.42. The molecule has 0 saturated carbocycles. The van der Waals surface area contributed by atoms with E-state index < -0.39 is 0 Å². The van der Waals surface area contributed by atoms with E-state index in [1.54, 1.807) is 0 Å². The number of H-pyrrole nitrogens is 1. The molecule has 1 aliphatic heterocycles. The first-order valence-corrected chi connectivity index (χ1v) is 8.30. The van der Waals surface area contributed by atoms with Crippen LogP contribution in [0.3, 0.4) is 0 Å². The highest BCUT2D eigenvalue weighted by atomic mass is 15.3. The van der Waals surface area contributed by atoms with E-state index in [1.807, 2.05) is 12.4 Å². The molecule has 6 nitrogen and oxygen atoms in total. The highest BCUT2D eigenvalue weighted by molar-refractivity contribution is 5.58. The second kappa shape index (κ2) is 6.78. The molecule has 2 aromatic rings. The number of rotatable bonds is 4. The van der Waals surface area contributed by atoms with Crippen molar-refractivity contribution in [1.29, 1.82) is 5.26 Å². The third-order valence-corrected chi connectivity index (χ3v) is 4.65. The largest absolute Gasteiger partial charge is 0.353 e. The van der Waals surface area contributed by atoms with Crippen LogP contribution in [0.25, 0.3) is 0 Å². The number of nitriles is 1. The molecule has 1 N–H and O–H groups in total. The van der Waals surface area contributed by atoms with Crippen LogP contribution >= 0.6 is 0 Å². The first-order chi connectivity index (χ1) is 11.3. The number of aromatic amines is 1. The third kappa shape index (κ3) is 2.91. The molecule has 3 heterocycles. The van der Waals surface area contributed by atoms with E-state index in [4.69, 9.17) is 0 Å². The van der Waals surface area contributed by atoms with Gasteiger partial charge >= 0.3 is 0 Å². The minimum Gasteiger partial charge on any atom is -0.353 e. The molecule has 1 atom stereocenters. The van der Waals surface area contributed by atoms with Gasteiger partial charge in [0.25, 0.3) is 0 Å². The Kier molecular flexibility index (Phi) is 4.56. The Balaban J connectivity index is 1.93. The van der Waals surface area contributed by atoms with Gasteiger partial charge in [0.2, 0.25) is 0 Å². The number of hydrogen-bond acceptors (Lipinski definition) is 5. The Bertz CT molecular complexity index is 701. The van der Waals surface area contributed by atoms with Crippen molar-refractivity contribution in [3.63, 3.8) is 0 Å². The lowest BCUT2D eigenvalue weighted by Crippen LogP contribution is -2.36. The van der Waals surface area contributed by atoms with Crippen LogP contribution in [-0.4, -0.2) is 33.5 Å². The lowest BCUT2D eigenvalue weighted by atomic mass is 9.92. The molecule has 0 aromatic carbocycles. The number of piperidine rings is 1. The van der Waals surface area contributed by atoms with Crippen molar-refractivity contribution >= 4 is 5.82 Å². The molecule has 1 unspecified atom stereocenters. The first-order valence-electron chi connectivity index (χ1n) is 8.30. The predicted molar refractivity (Wildman–Crippen MR) is 88.3 cm³/mol. The average Bonchev–Trinajstić information content (AvgIpc) is 3.15. The molecule has 3 rings (SSSR count). The molecule has 1 aliphatic rings. The van der Waals surface area contributed by atoms with Crippen molar-refractivity contribution in [3.05, 3.63) is 34.8 Å². The van der Waals surface area contributed by atoms with E-state index in [1.165, 1.54) is 5.56 Å². The van der Waals surface area contributed by atoms with Gasteiger partial charge in [0.15, 0.2) is 5.82 Å². The topological polar surface area (TPSA) is 81.5 Å². The molecular formula is C17H22N6. The monoisotopic (exact) mass is 310 g/mol. The molecular weight excluding hydrogens is 288 g/mol. The summed E-state index contributed by atoms with van der Waals surface area (Å²) in [5.74, 6) is 1.17. The summed E-state index contributed by atoms with van der Waals surface area (Å²) in [5, 5.41) is 25.4. The third-order valence-electron chi connectivity index (χ3n) is 4.65. The maximum absolute atomic E-state index is 9.67. The predicted octanol–water partition coefficient (Wildman–Crippen LogP) is 2.58. The summed E-state index contributed by atoms with van der Waals surface area (Å²) in [7, 11) is 0. The summed E-state index contributed by atoms with van der Waals surface area (Å²) in [6.45, 7) is 5.91. The number of aryl methyl sites for hydroxylation is 1. The molecule has 0 amide bonds. The van der Waals surface area contributed by atoms with Gasteiger partial charge in [0.05, 0.1) is 11.9 Å². The lowest BCUT2D eigenvalue weighted by Gasteiger charge is -2.33. The molecule has 0 aliphatic carbocycles. The zero-order valence-electron chi connectivity index (χ0n) is 13.7. The highest BCUT2D eigenvalue weighted by Gasteiger charge is 2.26. The van der Waals surface area contributed by atoms with Gasteiger partial charge in [0, 0.05) is 25.2 Å². The fourth-order valence-corrected chi connectivity index (χ4v) is 3.43. The standard InChI is InChI=1S/C17H22N6/c1-3-14-15(8-18)17(22-21-16(14)4-2)23-7-5-6-12(11-23)13-9-19-20-10-13/h9-10,12H,3-7,11H2,1-2H3,(H,19,20). The Morgan fingerprint density at radius 1 is 1.35 bits per heavy atom. The Morgan fingerprint density at radius 3 is 2.87 bits per heavy atom. The van der Waals surface area contributed by atoms with E-state index in [-0.39, 0.29) is 0 Å². The molecule has 0 spiro atoms. The number of nitrogens with zero attached hydrogens (tertiary/aromatic N) is 5. The van der Waals surface area contributed by atoms with Crippen molar-refractivity contribution in [2.24, 2.45) is 0 Å². The molecule has 6 heteroatoms. The van der Waals surface area contributed by atoms with Crippen LogP contribution in [0, 0.1) is 11.3 Å². The van der Waals surface area contributed by atoms with Gasteiger partial charge in [-0.2, -0.15) is 15.5 Å². The van der Waals surface area contributed by atoms with Crippen LogP contribution in [-0.2, 0) is 12.8 Å². The normalized spacial score (nSPS) is 18.0. The van der Waals surface area contributed by atoms with Crippen LogP contribution in [0.1, 0.15) is 55.0 Å². The van der Waals surface area contributed by atoms with Gasteiger partial charge in [0.1, 0.15) is 11.6 Å². The number of nitrogens with one attached hydrogen (secondary N) is 1. The summed E-state index contributed by atoms with van der Waals surface area (Å²) in [4.78, 5) is 2.21. The second-order valence-electron chi connectivity index (χ2n) is 5.96. The maximum atomic E-state index is 9.67. The van der Waals surface area contributed by atoms with Crippen LogP contribution in [0.2, 0.25) is 0 Å². The van der Waals surface area contributed by atoms with Crippen LogP contribution < -0.4 is 4.90 Å². The van der Waals surface area contributed by atoms with Gasteiger partial charge in [-0.05, 0) is 36.8 Å². The average molecular weight is 310 g/mol. The summed E-state index contributed by atoms with van der Waals surface area (Å²) in [6, 6.07) is 2.37. The lowest BCUT2D eigenvalue weighted by molar-refractivity contribution is 0.505. The summed E-state index contributed by atoms with van der Waals surface area (Å²) >= 11 is 0. The number of hydrogen-bond donors (Lipinski definition) is 1. The molecule has 0 bridgehead atoms. The van der Waals surface area contributed by atoms with Crippen LogP contribution in [0.5, 0.6) is 0 Å². The highest BCUT2D eigenvalue weighted by Crippen LogP contribution is 2.31. The molecule has 1 fully saturated rings. The van der Waals surface area contributed by atoms with Gasteiger partial charge in [-0.3, -0.25) is 5.10 Å². The molecule has 1 saturated heterocycles. The van der Waals surface area contributed by atoms with E-state index in [0.29, 0.717) is 11.5 Å². The molecule has 0 radical (unpaired) electrons. The minimum atomic E-state index is 0.423. The van der Waals surface area contributed by atoms with E-state index in [2.05, 4.69) is 45.2 Å². The van der Waals surface area contributed by atoms with Crippen molar-refractivity contribution in [2.75, 3.05) is 18.0 Å². The fourth-order valence-electron chi connectivity index (χ4n) is 3.43. The van der Waals surface area contributed by atoms with E-state index in [0.717, 1.165) is 55.8 Å². The summed E-state index contributed by atoms with van der Waals surface area (Å²) in [6.07, 6.45) is 7.69. The van der Waals surface area contributed by atoms with Gasteiger partial charge in [-0.25, -0.2) is 0 Å². The Labute approximate surface area is 136 Å². The molecule has 2 aromatic heterocycles. The van der Waals surface area contributed by atoms with E-state index in [9.17, 15) is 5.26 Å². The fraction of sp³-hybridized carbons (Fsp3) is 0.529. The van der Waals surface area contributed by atoms with Crippen molar-refractivity contribution in [1.82, 2.24) is 20.4 Å². The number of anilines is 1. The zero-order valence-corrected chi connectivity index (χ0v) is 13.7. The first kappa shape index (κ1) is 15.5. The molecule has 120 valence electrons. The second-order valence-corrected chi connectivity index (χ2v) is 5.96. The van der Waals surface area contributed by atoms with Crippen LogP contribution in [0.4, 0.5) is 5.82 Å². The van der Waals surface area contributed by atoms with E-state index >= 15 is 0 Å². The van der Waals surface area contributed by atoms with Crippen molar-refractivity contribution in [2.45, 2.75) is 45.4 Å².